The molecule has 0 bridgehead atoms. The first-order chi connectivity index (χ1) is 9.58. The van der Waals surface area contributed by atoms with Crippen LogP contribution in [0.3, 0.4) is 0 Å². The maximum Gasteiger partial charge on any atom is 0.0236 e. The molecule has 1 aromatic carbocycles. The van der Waals surface area contributed by atoms with Crippen molar-refractivity contribution in [3.05, 3.63) is 34.4 Å². The summed E-state index contributed by atoms with van der Waals surface area (Å²) in [5.74, 6) is 0. The van der Waals surface area contributed by atoms with E-state index in [0.717, 1.165) is 6.54 Å². The second-order valence-electron chi connectivity index (χ2n) is 7.07. The van der Waals surface area contributed by atoms with Crippen LogP contribution < -0.4 is 5.32 Å². The molecule has 2 aliphatic rings. The second-order valence-corrected chi connectivity index (χ2v) is 7.07. The fourth-order valence-corrected chi connectivity index (χ4v) is 3.96. The van der Waals surface area contributed by atoms with Gasteiger partial charge in [0.25, 0.3) is 0 Å². The van der Waals surface area contributed by atoms with E-state index in [9.17, 15) is 0 Å². The molecule has 0 saturated carbocycles. The molecule has 2 saturated heterocycles. The van der Waals surface area contributed by atoms with E-state index in [-0.39, 0.29) is 12.4 Å². The van der Waals surface area contributed by atoms with Gasteiger partial charge >= 0.3 is 0 Å². The molecule has 2 fully saturated rings. The van der Waals surface area contributed by atoms with Gasteiger partial charge in [-0.15, -0.1) is 12.4 Å². The summed E-state index contributed by atoms with van der Waals surface area (Å²) in [5.41, 5.74) is 6.46. The van der Waals surface area contributed by atoms with Crippen molar-refractivity contribution in [1.82, 2.24) is 10.2 Å². The van der Waals surface area contributed by atoms with Crippen LogP contribution in [0.25, 0.3) is 0 Å². The van der Waals surface area contributed by atoms with E-state index in [1.165, 1.54) is 67.7 Å². The summed E-state index contributed by atoms with van der Waals surface area (Å²) in [4.78, 5) is 2.68. The zero-order valence-corrected chi connectivity index (χ0v) is 14.5. The van der Waals surface area contributed by atoms with E-state index >= 15 is 0 Å². The maximum absolute atomic E-state index is 3.50. The fourth-order valence-electron chi connectivity index (χ4n) is 3.96. The highest BCUT2D eigenvalue weighted by molar-refractivity contribution is 5.85. The Labute approximate surface area is 135 Å². The molecule has 118 valence electrons. The van der Waals surface area contributed by atoms with Gasteiger partial charge in [0.15, 0.2) is 0 Å². The minimum absolute atomic E-state index is 0. The van der Waals surface area contributed by atoms with Crippen molar-refractivity contribution < 1.29 is 0 Å². The molecule has 3 heteroatoms. The molecule has 0 atom stereocenters. The lowest BCUT2D eigenvalue weighted by atomic mass is 9.78. The van der Waals surface area contributed by atoms with Crippen LogP contribution in [0.2, 0.25) is 0 Å². The Morgan fingerprint density at radius 3 is 2.38 bits per heavy atom. The van der Waals surface area contributed by atoms with Crippen molar-refractivity contribution in [2.24, 2.45) is 5.41 Å². The van der Waals surface area contributed by atoms with Crippen molar-refractivity contribution in [2.75, 3.05) is 26.2 Å². The van der Waals surface area contributed by atoms with Gasteiger partial charge in [0, 0.05) is 13.1 Å². The first-order valence-electron chi connectivity index (χ1n) is 8.08. The third-order valence-corrected chi connectivity index (χ3v) is 5.53. The average molecular weight is 309 g/mol. The number of hydrogen-bond donors (Lipinski definition) is 1. The Balaban J connectivity index is 0.00000161. The van der Waals surface area contributed by atoms with Crippen molar-refractivity contribution in [1.29, 1.82) is 0 Å². The highest BCUT2D eigenvalue weighted by atomic mass is 35.5. The molecular formula is C18H29ClN2. The molecule has 0 aliphatic carbocycles. The normalized spacial score (nSPS) is 21.5. The fraction of sp³-hybridized carbons (Fsp3) is 0.667. The predicted molar refractivity (Wildman–Crippen MR) is 92.3 cm³/mol. The van der Waals surface area contributed by atoms with Crippen LogP contribution in [-0.4, -0.2) is 31.1 Å². The van der Waals surface area contributed by atoms with Crippen LogP contribution in [0.15, 0.2) is 12.1 Å². The van der Waals surface area contributed by atoms with Gasteiger partial charge in [0.05, 0.1) is 0 Å². The molecule has 3 rings (SSSR count). The molecule has 0 unspecified atom stereocenters. The molecular weight excluding hydrogens is 280 g/mol. The molecule has 2 nitrogen and oxygen atoms in total. The van der Waals surface area contributed by atoms with Crippen LogP contribution in [-0.2, 0) is 6.54 Å². The standard InChI is InChI=1S/C18H28N2.ClH/c1-14-10-16(3)17(11-15(14)2)12-20-9-6-18(13-20)4-7-19-8-5-18;/h10-11,19H,4-9,12-13H2,1-3H3;1H. The Kier molecular flexibility index (Phi) is 5.34. The topological polar surface area (TPSA) is 15.3 Å². The molecule has 0 radical (unpaired) electrons. The molecule has 2 heterocycles. The van der Waals surface area contributed by atoms with Gasteiger partial charge in [0.1, 0.15) is 0 Å². The van der Waals surface area contributed by atoms with Crippen LogP contribution in [0.4, 0.5) is 0 Å². The number of nitrogens with zero attached hydrogens (tertiary/aromatic N) is 1. The monoisotopic (exact) mass is 308 g/mol. The summed E-state index contributed by atoms with van der Waals surface area (Å²) in [6.07, 6.45) is 4.14. The van der Waals surface area contributed by atoms with Crippen LogP contribution >= 0.6 is 12.4 Å². The minimum atomic E-state index is 0. The number of halogens is 1. The minimum Gasteiger partial charge on any atom is -0.317 e. The van der Waals surface area contributed by atoms with E-state index in [0.29, 0.717) is 5.41 Å². The van der Waals surface area contributed by atoms with Crippen molar-refractivity contribution in [3.63, 3.8) is 0 Å². The highest BCUT2D eigenvalue weighted by Crippen LogP contribution is 2.39. The van der Waals surface area contributed by atoms with Crippen LogP contribution in [0.1, 0.15) is 41.5 Å². The Hall–Kier alpha value is -0.570. The van der Waals surface area contributed by atoms with Gasteiger partial charge in [0.2, 0.25) is 0 Å². The number of aryl methyl sites for hydroxylation is 3. The molecule has 1 spiro atoms. The van der Waals surface area contributed by atoms with Gasteiger partial charge < -0.3 is 5.32 Å². The van der Waals surface area contributed by atoms with Crippen molar-refractivity contribution in [2.45, 2.75) is 46.6 Å². The average Bonchev–Trinajstić information content (AvgIpc) is 2.79. The van der Waals surface area contributed by atoms with Gasteiger partial charge in [-0.2, -0.15) is 0 Å². The Morgan fingerprint density at radius 2 is 1.67 bits per heavy atom. The van der Waals surface area contributed by atoms with E-state index in [1.54, 1.807) is 0 Å². The lowest BCUT2D eigenvalue weighted by molar-refractivity contribution is 0.194. The van der Waals surface area contributed by atoms with Gasteiger partial charge in [-0.1, -0.05) is 12.1 Å². The first-order valence-corrected chi connectivity index (χ1v) is 8.08. The summed E-state index contributed by atoms with van der Waals surface area (Å²) in [7, 11) is 0. The van der Waals surface area contributed by atoms with E-state index in [2.05, 4.69) is 43.1 Å². The summed E-state index contributed by atoms with van der Waals surface area (Å²) in [5, 5.41) is 3.50. The summed E-state index contributed by atoms with van der Waals surface area (Å²) in [6.45, 7) is 12.9. The summed E-state index contributed by atoms with van der Waals surface area (Å²) < 4.78 is 0. The highest BCUT2D eigenvalue weighted by Gasteiger charge is 2.38. The quantitative estimate of drug-likeness (QED) is 0.898. The van der Waals surface area contributed by atoms with E-state index in [1.807, 2.05) is 0 Å². The molecule has 1 N–H and O–H groups in total. The predicted octanol–water partition coefficient (Wildman–Crippen LogP) is 3.61. The third kappa shape index (κ3) is 3.61. The lowest BCUT2D eigenvalue weighted by Gasteiger charge is -2.34. The summed E-state index contributed by atoms with van der Waals surface area (Å²) >= 11 is 0. The Bertz CT molecular complexity index is 492. The van der Waals surface area contributed by atoms with Gasteiger partial charge in [-0.3, -0.25) is 4.90 Å². The number of piperidine rings is 1. The van der Waals surface area contributed by atoms with E-state index < -0.39 is 0 Å². The number of likely N-dealkylation sites (tertiary alicyclic amines) is 1. The molecule has 0 aromatic heterocycles. The zero-order valence-electron chi connectivity index (χ0n) is 13.7. The van der Waals surface area contributed by atoms with Crippen LogP contribution in [0.5, 0.6) is 0 Å². The number of hydrogen-bond acceptors (Lipinski definition) is 2. The largest absolute Gasteiger partial charge is 0.317 e. The first kappa shape index (κ1) is 16.8. The van der Waals surface area contributed by atoms with Gasteiger partial charge in [-0.05, 0) is 87.3 Å². The molecule has 2 aliphatic heterocycles. The van der Waals surface area contributed by atoms with E-state index in [4.69, 9.17) is 0 Å². The van der Waals surface area contributed by atoms with Crippen molar-refractivity contribution >= 4 is 12.4 Å². The van der Waals surface area contributed by atoms with Crippen LogP contribution in [0, 0.1) is 26.2 Å². The number of nitrogens with one attached hydrogen (secondary N) is 1. The molecule has 1 aromatic rings. The SMILES string of the molecule is Cc1cc(C)c(CN2CCC3(CCNCC3)C2)cc1C.Cl. The smallest absolute Gasteiger partial charge is 0.0236 e. The number of rotatable bonds is 2. The second kappa shape index (κ2) is 6.68. The summed E-state index contributed by atoms with van der Waals surface area (Å²) in [6, 6.07) is 4.75. The molecule has 21 heavy (non-hydrogen) atoms. The van der Waals surface area contributed by atoms with Crippen molar-refractivity contribution in [3.8, 4) is 0 Å². The lowest BCUT2D eigenvalue weighted by Crippen LogP contribution is -2.38. The number of benzene rings is 1. The van der Waals surface area contributed by atoms with Gasteiger partial charge in [-0.25, -0.2) is 0 Å². The maximum atomic E-state index is 3.50. The third-order valence-electron chi connectivity index (χ3n) is 5.53. The Morgan fingerprint density at radius 1 is 1.00 bits per heavy atom. The molecule has 0 amide bonds. The zero-order chi connectivity index (χ0) is 14.2.